The van der Waals surface area contributed by atoms with E-state index in [9.17, 15) is 18.0 Å². The quantitative estimate of drug-likeness (QED) is 0.652. The predicted molar refractivity (Wildman–Crippen MR) is 104 cm³/mol. The van der Waals surface area contributed by atoms with Gasteiger partial charge < -0.3 is 15.4 Å². The van der Waals surface area contributed by atoms with E-state index in [2.05, 4.69) is 10.6 Å². The molecule has 11 heteroatoms. The molecule has 0 bridgehead atoms. The summed E-state index contributed by atoms with van der Waals surface area (Å²) >= 11 is 7.11. The van der Waals surface area contributed by atoms with Gasteiger partial charge in [0, 0.05) is 18.1 Å². The van der Waals surface area contributed by atoms with Crippen molar-refractivity contribution in [1.82, 2.24) is 14.9 Å². The smallest absolute Gasteiger partial charge is 0.309 e. The van der Waals surface area contributed by atoms with Gasteiger partial charge in [-0.3, -0.25) is 9.59 Å². The number of nitrogens with zero attached hydrogens (tertiary/aromatic N) is 1. The number of rotatable bonds is 6. The maximum atomic E-state index is 12.6. The molecule has 0 aliphatic carbocycles. The molecule has 1 saturated heterocycles. The van der Waals surface area contributed by atoms with Crippen molar-refractivity contribution >= 4 is 44.8 Å². The standard InChI is InChI=1S/C17H18ClN3O5S2/c18-13-5-2-1-4-12(13)10-19-16(22)17(23)20-11-14-21(7-8-26-14)28(24,25)15-6-3-9-27-15/h1-6,9,14H,7-8,10-11H2,(H,19,22)(H,20,23)/t14-/m1/s1. The van der Waals surface area contributed by atoms with Gasteiger partial charge in [-0.1, -0.05) is 35.9 Å². The minimum absolute atomic E-state index is 0.102. The number of hydrogen-bond donors (Lipinski definition) is 2. The second kappa shape index (κ2) is 9.01. The summed E-state index contributed by atoms with van der Waals surface area (Å²) in [5, 5.41) is 7.04. The number of benzene rings is 1. The number of carbonyl (C=O) groups excluding carboxylic acids is 2. The van der Waals surface area contributed by atoms with E-state index in [1.165, 1.54) is 10.4 Å². The average molecular weight is 444 g/mol. The zero-order chi connectivity index (χ0) is 20.1. The number of amides is 2. The van der Waals surface area contributed by atoms with Crippen LogP contribution < -0.4 is 10.6 Å². The summed E-state index contributed by atoms with van der Waals surface area (Å²) in [7, 11) is -3.70. The molecule has 2 amide bonds. The summed E-state index contributed by atoms with van der Waals surface area (Å²) in [5.74, 6) is -1.72. The number of thiophene rings is 1. The van der Waals surface area contributed by atoms with Crippen LogP contribution in [0.25, 0.3) is 0 Å². The highest BCUT2D eigenvalue weighted by Gasteiger charge is 2.37. The van der Waals surface area contributed by atoms with E-state index in [1.807, 2.05) is 0 Å². The zero-order valence-corrected chi connectivity index (χ0v) is 17.0. The molecular formula is C17H18ClN3O5S2. The van der Waals surface area contributed by atoms with Crippen molar-refractivity contribution in [1.29, 1.82) is 0 Å². The highest BCUT2D eigenvalue weighted by molar-refractivity contribution is 7.91. The van der Waals surface area contributed by atoms with Crippen molar-refractivity contribution in [3.63, 3.8) is 0 Å². The van der Waals surface area contributed by atoms with Crippen molar-refractivity contribution in [3.8, 4) is 0 Å². The van der Waals surface area contributed by atoms with Gasteiger partial charge in [0.25, 0.3) is 10.0 Å². The molecule has 1 aromatic carbocycles. The summed E-state index contributed by atoms with van der Waals surface area (Å²) in [5.41, 5.74) is 0.678. The first-order valence-electron chi connectivity index (χ1n) is 8.36. The van der Waals surface area contributed by atoms with Gasteiger partial charge in [-0.05, 0) is 23.1 Å². The first kappa shape index (κ1) is 20.7. The van der Waals surface area contributed by atoms with Crippen LogP contribution in [0, 0.1) is 0 Å². The summed E-state index contributed by atoms with van der Waals surface area (Å²) in [6, 6.07) is 10.1. The molecule has 0 unspecified atom stereocenters. The molecule has 0 radical (unpaired) electrons. The Labute approximate surface area is 171 Å². The van der Waals surface area contributed by atoms with Crippen molar-refractivity contribution in [3.05, 3.63) is 52.4 Å². The van der Waals surface area contributed by atoms with Crippen molar-refractivity contribution in [2.45, 2.75) is 17.0 Å². The Morgan fingerprint density at radius 3 is 2.64 bits per heavy atom. The summed E-state index contributed by atoms with van der Waals surface area (Å²) in [6.45, 7) is 0.358. The lowest BCUT2D eigenvalue weighted by Crippen LogP contribution is -2.47. The highest BCUT2D eigenvalue weighted by atomic mass is 35.5. The topological polar surface area (TPSA) is 105 Å². The number of halogens is 1. The van der Waals surface area contributed by atoms with Gasteiger partial charge in [0.2, 0.25) is 0 Å². The third-order valence-electron chi connectivity index (χ3n) is 4.04. The van der Waals surface area contributed by atoms with E-state index in [0.717, 1.165) is 11.3 Å². The van der Waals surface area contributed by atoms with E-state index in [4.69, 9.17) is 16.3 Å². The lowest BCUT2D eigenvalue weighted by atomic mass is 10.2. The molecule has 1 fully saturated rings. The molecule has 3 rings (SSSR count). The second-order valence-corrected chi connectivity index (χ2v) is 9.33. The lowest BCUT2D eigenvalue weighted by molar-refractivity contribution is -0.139. The minimum Gasteiger partial charge on any atom is -0.359 e. The maximum absolute atomic E-state index is 12.6. The molecule has 1 aliphatic rings. The third kappa shape index (κ3) is 4.70. The van der Waals surface area contributed by atoms with E-state index in [0.29, 0.717) is 10.6 Å². The largest absolute Gasteiger partial charge is 0.359 e. The number of nitrogens with one attached hydrogen (secondary N) is 2. The molecule has 1 atom stereocenters. The molecule has 2 aromatic rings. The zero-order valence-electron chi connectivity index (χ0n) is 14.6. The predicted octanol–water partition coefficient (Wildman–Crippen LogP) is 1.18. The van der Waals surface area contributed by atoms with Crippen molar-refractivity contribution < 1.29 is 22.7 Å². The first-order valence-corrected chi connectivity index (χ1v) is 11.1. The molecule has 8 nitrogen and oxygen atoms in total. The molecular weight excluding hydrogens is 426 g/mol. The van der Waals surface area contributed by atoms with Gasteiger partial charge in [0.05, 0.1) is 13.2 Å². The fourth-order valence-electron chi connectivity index (χ4n) is 2.63. The van der Waals surface area contributed by atoms with E-state index in [-0.39, 0.29) is 30.5 Å². The maximum Gasteiger partial charge on any atom is 0.309 e. The van der Waals surface area contributed by atoms with E-state index in [1.54, 1.807) is 35.7 Å². The van der Waals surface area contributed by atoms with Crippen LogP contribution in [0.4, 0.5) is 0 Å². The number of sulfonamides is 1. The molecule has 28 heavy (non-hydrogen) atoms. The van der Waals surface area contributed by atoms with Crippen LogP contribution in [0.3, 0.4) is 0 Å². The Morgan fingerprint density at radius 1 is 1.18 bits per heavy atom. The summed E-state index contributed by atoms with van der Waals surface area (Å²) in [6.07, 6.45) is -0.868. The summed E-state index contributed by atoms with van der Waals surface area (Å²) < 4.78 is 32.1. The Morgan fingerprint density at radius 2 is 1.93 bits per heavy atom. The minimum atomic E-state index is -3.70. The number of ether oxygens (including phenoxy) is 1. The molecule has 1 aromatic heterocycles. The van der Waals surface area contributed by atoms with Gasteiger partial charge in [-0.15, -0.1) is 11.3 Å². The highest BCUT2D eigenvalue weighted by Crippen LogP contribution is 2.25. The monoisotopic (exact) mass is 443 g/mol. The Balaban J connectivity index is 1.53. The average Bonchev–Trinajstić information content (AvgIpc) is 3.37. The van der Waals surface area contributed by atoms with Crippen LogP contribution in [0.5, 0.6) is 0 Å². The van der Waals surface area contributed by atoms with Crippen LogP contribution in [0.1, 0.15) is 5.56 Å². The first-order chi connectivity index (χ1) is 13.4. The van der Waals surface area contributed by atoms with Crippen LogP contribution in [-0.2, 0) is 30.9 Å². The fraction of sp³-hybridized carbons (Fsp3) is 0.294. The number of hydrogen-bond acceptors (Lipinski definition) is 6. The Hall–Kier alpha value is -1.98. The molecule has 0 saturated carbocycles. The van der Waals surface area contributed by atoms with Gasteiger partial charge in [0.1, 0.15) is 10.4 Å². The Kier molecular flexibility index (Phi) is 6.68. The molecule has 0 spiro atoms. The van der Waals surface area contributed by atoms with Crippen LogP contribution in [-0.4, -0.2) is 50.5 Å². The molecule has 2 N–H and O–H groups in total. The van der Waals surface area contributed by atoms with Gasteiger partial charge in [0.15, 0.2) is 0 Å². The van der Waals surface area contributed by atoms with Gasteiger partial charge >= 0.3 is 11.8 Å². The van der Waals surface area contributed by atoms with Crippen LogP contribution >= 0.6 is 22.9 Å². The van der Waals surface area contributed by atoms with Crippen molar-refractivity contribution in [2.24, 2.45) is 0 Å². The van der Waals surface area contributed by atoms with Gasteiger partial charge in [-0.25, -0.2) is 8.42 Å². The second-order valence-electron chi connectivity index (χ2n) is 5.86. The SMILES string of the molecule is O=C(NCc1ccccc1Cl)C(=O)NC[C@H]1OCCN1S(=O)(=O)c1cccs1. The molecule has 1 aliphatic heterocycles. The summed E-state index contributed by atoms with van der Waals surface area (Å²) in [4.78, 5) is 24.0. The lowest BCUT2D eigenvalue weighted by Gasteiger charge is -2.22. The normalized spacial score (nSPS) is 17.4. The molecule has 2 heterocycles. The molecule has 150 valence electrons. The number of carbonyl (C=O) groups is 2. The third-order valence-corrected chi connectivity index (χ3v) is 7.67. The Bertz CT molecular complexity index is 949. The van der Waals surface area contributed by atoms with E-state index < -0.39 is 28.1 Å². The van der Waals surface area contributed by atoms with Crippen LogP contribution in [0.2, 0.25) is 5.02 Å². The van der Waals surface area contributed by atoms with Crippen LogP contribution in [0.15, 0.2) is 46.0 Å². The van der Waals surface area contributed by atoms with Crippen molar-refractivity contribution in [2.75, 3.05) is 19.7 Å². The van der Waals surface area contributed by atoms with Gasteiger partial charge in [-0.2, -0.15) is 4.31 Å². The fourth-order valence-corrected chi connectivity index (χ4v) is 5.46. The van der Waals surface area contributed by atoms with E-state index >= 15 is 0 Å².